The smallest absolute Gasteiger partial charge is 0.123 e. The molecule has 1 atom stereocenters. The van der Waals surface area contributed by atoms with E-state index in [9.17, 15) is 5.11 Å². The summed E-state index contributed by atoms with van der Waals surface area (Å²) in [6.07, 6.45) is 4.62. The van der Waals surface area contributed by atoms with E-state index < -0.39 is 6.10 Å². The molecule has 2 N–H and O–H groups in total. The number of likely N-dealkylation sites (tertiary alicyclic amines) is 1. The SMILES string of the molecule is COc1ccccc1CNCc1cccc(OC[C@H](O)CN2CCCCCC2)c1. The van der Waals surface area contributed by atoms with Crippen molar-refractivity contribution < 1.29 is 14.6 Å². The normalized spacial score (nSPS) is 16.2. The largest absolute Gasteiger partial charge is 0.496 e. The number of aliphatic hydroxyl groups excluding tert-OH is 1. The highest BCUT2D eigenvalue weighted by Gasteiger charge is 2.14. The Kier molecular flexibility index (Phi) is 8.81. The second kappa shape index (κ2) is 11.8. The highest BCUT2D eigenvalue weighted by molar-refractivity contribution is 5.33. The predicted molar refractivity (Wildman–Crippen MR) is 116 cm³/mol. The third-order valence-corrected chi connectivity index (χ3v) is 5.35. The van der Waals surface area contributed by atoms with Gasteiger partial charge in [-0.15, -0.1) is 0 Å². The molecule has 2 aromatic rings. The summed E-state index contributed by atoms with van der Waals surface area (Å²) in [4.78, 5) is 2.36. The lowest BCUT2D eigenvalue weighted by molar-refractivity contribution is 0.0693. The van der Waals surface area contributed by atoms with Crippen LogP contribution in [0.15, 0.2) is 48.5 Å². The van der Waals surface area contributed by atoms with E-state index in [1.165, 1.54) is 25.7 Å². The fraction of sp³-hybridized carbons (Fsp3) is 0.500. The second-order valence-corrected chi connectivity index (χ2v) is 7.74. The zero-order valence-corrected chi connectivity index (χ0v) is 17.5. The van der Waals surface area contributed by atoms with Crippen LogP contribution in [0, 0.1) is 0 Å². The van der Waals surface area contributed by atoms with Crippen LogP contribution in [0.3, 0.4) is 0 Å². The van der Waals surface area contributed by atoms with Gasteiger partial charge in [-0.25, -0.2) is 0 Å². The van der Waals surface area contributed by atoms with Gasteiger partial charge in [0.05, 0.1) is 7.11 Å². The molecule has 0 unspecified atom stereocenters. The Hall–Kier alpha value is -2.08. The molecule has 0 bridgehead atoms. The molecule has 0 radical (unpaired) electrons. The Morgan fingerprint density at radius 3 is 2.59 bits per heavy atom. The van der Waals surface area contributed by atoms with Crippen molar-refractivity contribution in [1.82, 2.24) is 10.2 Å². The maximum absolute atomic E-state index is 10.3. The maximum Gasteiger partial charge on any atom is 0.123 e. The summed E-state index contributed by atoms with van der Waals surface area (Å²) in [6.45, 7) is 4.68. The number of nitrogens with one attached hydrogen (secondary N) is 1. The van der Waals surface area contributed by atoms with Gasteiger partial charge >= 0.3 is 0 Å². The van der Waals surface area contributed by atoms with Crippen LogP contribution < -0.4 is 14.8 Å². The molecule has 5 heteroatoms. The first kappa shape index (κ1) is 21.6. The third kappa shape index (κ3) is 7.35. The van der Waals surface area contributed by atoms with Gasteiger partial charge in [-0.05, 0) is 49.7 Å². The Labute approximate surface area is 174 Å². The Morgan fingerprint density at radius 2 is 1.79 bits per heavy atom. The van der Waals surface area contributed by atoms with E-state index >= 15 is 0 Å². The minimum absolute atomic E-state index is 0.328. The number of hydrogen-bond acceptors (Lipinski definition) is 5. The monoisotopic (exact) mass is 398 g/mol. The zero-order valence-electron chi connectivity index (χ0n) is 17.5. The second-order valence-electron chi connectivity index (χ2n) is 7.74. The van der Waals surface area contributed by atoms with Crippen LogP contribution in [0.4, 0.5) is 0 Å². The molecular formula is C24H34N2O3. The van der Waals surface area contributed by atoms with Crippen molar-refractivity contribution in [3.63, 3.8) is 0 Å². The number of aliphatic hydroxyl groups is 1. The molecule has 1 heterocycles. The molecule has 0 saturated carbocycles. The molecule has 29 heavy (non-hydrogen) atoms. The summed E-state index contributed by atoms with van der Waals surface area (Å²) in [5.74, 6) is 1.70. The average Bonchev–Trinajstić information content (AvgIpc) is 3.01. The Bertz CT molecular complexity index is 730. The van der Waals surface area contributed by atoms with Gasteiger partial charge in [-0.3, -0.25) is 0 Å². The summed E-state index contributed by atoms with van der Waals surface area (Å²) in [6, 6.07) is 16.1. The van der Waals surface area contributed by atoms with E-state index in [1.54, 1.807) is 7.11 Å². The minimum Gasteiger partial charge on any atom is -0.496 e. The number of hydrogen-bond donors (Lipinski definition) is 2. The van der Waals surface area contributed by atoms with Gasteiger partial charge in [0.15, 0.2) is 0 Å². The van der Waals surface area contributed by atoms with Crippen LogP contribution in [0.5, 0.6) is 11.5 Å². The maximum atomic E-state index is 10.3. The van der Waals surface area contributed by atoms with Crippen molar-refractivity contribution in [2.75, 3.05) is 33.4 Å². The standard InChI is InChI=1S/C24H34N2O3/c1-28-24-12-5-4-10-21(24)17-25-16-20-9-8-11-23(15-20)29-19-22(27)18-26-13-6-2-3-7-14-26/h4-5,8-12,15,22,25,27H,2-3,6-7,13-14,16-19H2,1H3/t22-/m1/s1. The van der Waals surface area contributed by atoms with Gasteiger partial charge in [0.25, 0.3) is 0 Å². The first-order chi connectivity index (χ1) is 14.2. The van der Waals surface area contributed by atoms with E-state index in [1.807, 2.05) is 36.4 Å². The molecule has 0 amide bonds. The van der Waals surface area contributed by atoms with Gasteiger partial charge in [-0.2, -0.15) is 0 Å². The summed E-state index contributed by atoms with van der Waals surface area (Å²) in [7, 11) is 1.70. The van der Waals surface area contributed by atoms with Crippen molar-refractivity contribution >= 4 is 0 Å². The first-order valence-corrected chi connectivity index (χ1v) is 10.7. The number of methoxy groups -OCH3 is 1. The van der Waals surface area contributed by atoms with Crippen LogP contribution in [-0.4, -0.2) is 49.5 Å². The average molecular weight is 399 g/mol. The summed E-state index contributed by atoms with van der Waals surface area (Å²) in [5, 5.41) is 13.8. The van der Waals surface area contributed by atoms with Gasteiger partial charge in [0.2, 0.25) is 0 Å². The number of β-amino-alcohol motifs (C(OH)–C–C–N with tert-alkyl or cyclic N) is 1. The summed E-state index contributed by atoms with van der Waals surface area (Å²) in [5.41, 5.74) is 2.29. The van der Waals surface area contributed by atoms with Gasteiger partial charge < -0.3 is 24.8 Å². The number of rotatable bonds is 10. The lowest BCUT2D eigenvalue weighted by Crippen LogP contribution is -2.36. The molecule has 2 aromatic carbocycles. The lowest BCUT2D eigenvalue weighted by Gasteiger charge is -2.23. The van der Waals surface area contributed by atoms with E-state index in [4.69, 9.17) is 9.47 Å². The van der Waals surface area contributed by atoms with Crippen LogP contribution in [0.1, 0.15) is 36.8 Å². The molecule has 0 spiro atoms. The van der Waals surface area contributed by atoms with E-state index in [-0.39, 0.29) is 0 Å². The molecule has 0 aliphatic carbocycles. The van der Waals surface area contributed by atoms with Crippen molar-refractivity contribution in [2.24, 2.45) is 0 Å². The fourth-order valence-electron chi connectivity index (χ4n) is 3.80. The van der Waals surface area contributed by atoms with Gasteiger partial charge in [0.1, 0.15) is 24.2 Å². The van der Waals surface area contributed by atoms with Crippen molar-refractivity contribution in [3.05, 3.63) is 59.7 Å². The minimum atomic E-state index is -0.458. The number of ether oxygens (including phenoxy) is 2. The van der Waals surface area contributed by atoms with E-state index in [2.05, 4.69) is 22.3 Å². The molecule has 5 nitrogen and oxygen atoms in total. The van der Waals surface area contributed by atoms with Crippen molar-refractivity contribution in [3.8, 4) is 11.5 Å². The van der Waals surface area contributed by atoms with Crippen LogP contribution in [0.2, 0.25) is 0 Å². The molecular weight excluding hydrogens is 364 g/mol. The molecule has 1 saturated heterocycles. The molecule has 3 rings (SSSR count). The van der Waals surface area contributed by atoms with E-state index in [0.717, 1.165) is 48.8 Å². The number of benzene rings is 2. The van der Waals surface area contributed by atoms with E-state index in [0.29, 0.717) is 13.2 Å². The highest BCUT2D eigenvalue weighted by atomic mass is 16.5. The lowest BCUT2D eigenvalue weighted by atomic mass is 10.2. The fourth-order valence-corrected chi connectivity index (χ4v) is 3.80. The molecule has 1 fully saturated rings. The van der Waals surface area contributed by atoms with Gasteiger partial charge in [-0.1, -0.05) is 43.2 Å². The Balaban J connectivity index is 1.43. The molecule has 0 aromatic heterocycles. The Morgan fingerprint density at radius 1 is 1.00 bits per heavy atom. The van der Waals surface area contributed by atoms with Crippen LogP contribution in [0.25, 0.3) is 0 Å². The predicted octanol–water partition coefficient (Wildman–Crippen LogP) is 3.60. The van der Waals surface area contributed by atoms with Crippen LogP contribution >= 0.6 is 0 Å². The quantitative estimate of drug-likeness (QED) is 0.640. The third-order valence-electron chi connectivity index (χ3n) is 5.35. The van der Waals surface area contributed by atoms with Crippen molar-refractivity contribution in [1.29, 1.82) is 0 Å². The number of nitrogens with zero attached hydrogens (tertiary/aromatic N) is 1. The molecule has 1 aliphatic rings. The zero-order chi connectivity index (χ0) is 20.3. The summed E-state index contributed by atoms with van der Waals surface area (Å²) < 4.78 is 11.3. The first-order valence-electron chi connectivity index (χ1n) is 10.7. The number of para-hydroxylation sites is 1. The topological polar surface area (TPSA) is 54.0 Å². The molecule has 158 valence electrons. The summed E-state index contributed by atoms with van der Waals surface area (Å²) >= 11 is 0. The highest BCUT2D eigenvalue weighted by Crippen LogP contribution is 2.18. The van der Waals surface area contributed by atoms with Crippen LogP contribution in [-0.2, 0) is 13.1 Å². The van der Waals surface area contributed by atoms with Crippen molar-refractivity contribution in [2.45, 2.75) is 44.9 Å². The molecule has 1 aliphatic heterocycles. The van der Waals surface area contributed by atoms with Gasteiger partial charge in [0, 0.05) is 25.2 Å².